The van der Waals surface area contributed by atoms with Crippen LogP contribution in [0.3, 0.4) is 0 Å². The van der Waals surface area contributed by atoms with Crippen molar-refractivity contribution in [2.24, 2.45) is 17.3 Å². The Labute approximate surface area is 110 Å². The van der Waals surface area contributed by atoms with Gasteiger partial charge in [0.2, 0.25) is 0 Å². The normalized spacial score (nSPS) is 32.6. The maximum absolute atomic E-state index is 11.4. The number of fused-ring (bicyclic) bond motifs is 1. The quantitative estimate of drug-likeness (QED) is 0.749. The van der Waals surface area contributed by atoms with Gasteiger partial charge in [0, 0.05) is 33.2 Å². The molecule has 3 atom stereocenters. The van der Waals surface area contributed by atoms with Crippen LogP contribution in [0.25, 0.3) is 0 Å². The van der Waals surface area contributed by atoms with Gasteiger partial charge < -0.3 is 15.5 Å². The molecule has 0 aromatic heterocycles. The lowest BCUT2D eigenvalue weighted by Gasteiger charge is -2.56. The van der Waals surface area contributed by atoms with Crippen molar-refractivity contribution in [3.63, 3.8) is 0 Å². The van der Waals surface area contributed by atoms with E-state index in [1.54, 1.807) is 19.0 Å². The number of rotatable bonds is 4. The molecular weight excluding hydrogens is 226 g/mol. The first-order valence-electron chi connectivity index (χ1n) is 7.13. The summed E-state index contributed by atoms with van der Waals surface area (Å²) in [6.07, 6.45) is 4.19. The van der Waals surface area contributed by atoms with Crippen molar-refractivity contribution in [2.75, 3.05) is 27.2 Å². The molecular formula is C14H27N3O. The molecule has 0 radical (unpaired) electrons. The van der Waals surface area contributed by atoms with Crippen molar-refractivity contribution in [2.45, 2.75) is 39.2 Å². The highest BCUT2D eigenvalue weighted by Crippen LogP contribution is 2.58. The van der Waals surface area contributed by atoms with Gasteiger partial charge in [0.05, 0.1) is 0 Å². The largest absolute Gasteiger partial charge is 0.337 e. The standard InChI is InChI=1S/C14H27N3O/c1-14(2)11-7-5-6-10(11)12(14)15-8-9-16-13(18)17(3)4/h10-12,15H,5-9H2,1-4H3,(H,16,18)/t10-,11+,12?/m1/s1. The van der Waals surface area contributed by atoms with Gasteiger partial charge in [-0.05, 0) is 30.1 Å². The second-order valence-electron chi connectivity index (χ2n) is 6.58. The summed E-state index contributed by atoms with van der Waals surface area (Å²) in [4.78, 5) is 12.9. The lowest BCUT2D eigenvalue weighted by molar-refractivity contribution is -0.0399. The molecule has 1 unspecified atom stereocenters. The molecule has 0 saturated heterocycles. The predicted octanol–water partition coefficient (Wildman–Crippen LogP) is 1.67. The van der Waals surface area contributed by atoms with Crippen LogP contribution in [-0.4, -0.2) is 44.2 Å². The number of nitrogens with zero attached hydrogens (tertiary/aromatic N) is 1. The summed E-state index contributed by atoms with van der Waals surface area (Å²) in [5.41, 5.74) is 0.437. The summed E-state index contributed by atoms with van der Waals surface area (Å²) in [6, 6.07) is 0.629. The molecule has 2 fully saturated rings. The minimum Gasteiger partial charge on any atom is -0.337 e. The van der Waals surface area contributed by atoms with Gasteiger partial charge in [-0.3, -0.25) is 0 Å². The van der Waals surface area contributed by atoms with Crippen LogP contribution in [0.15, 0.2) is 0 Å². The Morgan fingerprint density at radius 2 is 2.00 bits per heavy atom. The third-order valence-electron chi connectivity index (χ3n) is 4.93. The average molecular weight is 253 g/mol. The zero-order valence-electron chi connectivity index (χ0n) is 12.1. The van der Waals surface area contributed by atoms with E-state index in [1.165, 1.54) is 19.3 Å². The summed E-state index contributed by atoms with van der Waals surface area (Å²) in [6.45, 7) is 6.35. The Hall–Kier alpha value is -0.770. The van der Waals surface area contributed by atoms with Crippen LogP contribution in [0.1, 0.15) is 33.1 Å². The number of amides is 2. The zero-order valence-corrected chi connectivity index (χ0v) is 12.1. The van der Waals surface area contributed by atoms with Crippen molar-refractivity contribution >= 4 is 6.03 Å². The van der Waals surface area contributed by atoms with Gasteiger partial charge in [-0.1, -0.05) is 20.3 Å². The lowest BCUT2D eigenvalue weighted by atomic mass is 9.53. The summed E-state index contributed by atoms with van der Waals surface area (Å²) in [5.74, 6) is 1.80. The molecule has 18 heavy (non-hydrogen) atoms. The van der Waals surface area contributed by atoms with Crippen molar-refractivity contribution < 1.29 is 4.79 Å². The SMILES string of the molecule is CN(C)C(=O)NCCNC1[C@@H]2CCC[C@@H]2C1(C)C. The fourth-order valence-corrected chi connectivity index (χ4v) is 3.94. The summed E-state index contributed by atoms with van der Waals surface area (Å²) < 4.78 is 0. The zero-order chi connectivity index (χ0) is 13.3. The molecule has 2 N–H and O–H groups in total. The maximum atomic E-state index is 11.4. The van der Waals surface area contributed by atoms with E-state index in [0.717, 1.165) is 18.4 Å². The number of hydrogen-bond acceptors (Lipinski definition) is 2. The van der Waals surface area contributed by atoms with Crippen LogP contribution in [0.2, 0.25) is 0 Å². The van der Waals surface area contributed by atoms with E-state index in [2.05, 4.69) is 24.5 Å². The van der Waals surface area contributed by atoms with Gasteiger partial charge in [0.15, 0.2) is 0 Å². The summed E-state index contributed by atoms with van der Waals surface area (Å²) in [7, 11) is 3.53. The van der Waals surface area contributed by atoms with E-state index < -0.39 is 0 Å². The number of hydrogen-bond donors (Lipinski definition) is 2. The van der Waals surface area contributed by atoms with E-state index in [-0.39, 0.29) is 6.03 Å². The highest BCUT2D eigenvalue weighted by Gasteiger charge is 2.57. The highest BCUT2D eigenvalue weighted by atomic mass is 16.2. The molecule has 2 saturated carbocycles. The van der Waals surface area contributed by atoms with Crippen molar-refractivity contribution in [3.8, 4) is 0 Å². The van der Waals surface area contributed by atoms with E-state index in [9.17, 15) is 4.79 Å². The Bertz CT molecular complexity index is 314. The van der Waals surface area contributed by atoms with Crippen molar-refractivity contribution in [1.29, 1.82) is 0 Å². The van der Waals surface area contributed by atoms with Crippen LogP contribution < -0.4 is 10.6 Å². The van der Waals surface area contributed by atoms with Crippen molar-refractivity contribution in [3.05, 3.63) is 0 Å². The summed E-state index contributed by atoms with van der Waals surface area (Å²) >= 11 is 0. The number of urea groups is 1. The molecule has 0 heterocycles. The second kappa shape index (κ2) is 5.08. The molecule has 2 aliphatic carbocycles. The molecule has 0 spiro atoms. The monoisotopic (exact) mass is 253 g/mol. The molecule has 4 heteroatoms. The molecule has 4 nitrogen and oxygen atoms in total. The molecule has 2 amide bonds. The molecule has 0 aromatic carbocycles. The third kappa shape index (κ3) is 2.35. The molecule has 0 aromatic rings. The first-order valence-corrected chi connectivity index (χ1v) is 7.13. The molecule has 0 aliphatic heterocycles. The van der Waals surface area contributed by atoms with Crippen LogP contribution in [-0.2, 0) is 0 Å². The molecule has 0 bridgehead atoms. The van der Waals surface area contributed by atoms with Crippen molar-refractivity contribution in [1.82, 2.24) is 15.5 Å². The second-order valence-corrected chi connectivity index (χ2v) is 6.58. The Morgan fingerprint density at radius 3 is 2.67 bits per heavy atom. The van der Waals surface area contributed by atoms with Crippen LogP contribution in [0.4, 0.5) is 4.79 Å². The van der Waals surface area contributed by atoms with Crippen LogP contribution >= 0.6 is 0 Å². The van der Waals surface area contributed by atoms with Gasteiger partial charge in [-0.25, -0.2) is 4.79 Å². The number of carbonyl (C=O) groups is 1. The molecule has 2 aliphatic rings. The van der Waals surface area contributed by atoms with Crippen LogP contribution in [0.5, 0.6) is 0 Å². The van der Waals surface area contributed by atoms with Gasteiger partial charge in [-0.2, -0.15) is 0 Å². The number of nitrogens with one attached hydrogen (secondary N) is 2. The minimum absolute atomic E-state index is 0.0107. The maximum Gasteiger partial charge on any atom is 0.316 e. The fourth-order valence-electron chi connectivity index (χ4n) is 3.94. The number of carbonyl (C=O) groups excluding carboxylic acids is 1. The van der Waals surface area contributed by atoms with E-state index >= 15 is 0 Å². The Balaban J connectivity index is 1.70. The van der Waals surface area contributed by atoms with E-state index in [4.69, 9.17) is 0 Å². The third-order valence-corrected chi connectivity index (χ3v) is 4.93. The molecule has 104 valence electrons. The van der Waals surface area contributed by atoms with E-state index in [1.807, 2.05) is 0 Å². The first kappa shape index (κ1) is 13.7. The lowest BCUT2D eigenvalue weighted by Crippen LogP contribution is -2.62. The van der Waals surface area contributed by atoms with Gasteiger partial charge in [0.25, 0.3) is 0 Å². The predicted molar refractivity (Wildman–Crippen MR) is 73.5 cm³/mol. The summed E-state index contributed by atoms with van der Waals surface area (Å²) in [5, 5.41) is 6.54. The first-order chi connectivity index (χ1) is 8.44. The van der Waals surface area contributed by atoms with Gasteiger partial charge >= 0.3 is 6.03 Å². The van der Waals surface area contributed by atoms with Gasteiger partial charge in [0.1, 0.15) is 0 Å². The van der Waals surface area contributed by atoms with E-state index in [0.29, 0.717) is 18.0 Å². The topological polar surface area (TPSA) is 44.4 Å². The highest BCUT2D eigenvalue weighted by molar-refractivity contribution is 5.73. The smallest absolute Gasteiger partial charge is 0.316 e. The minimum atomic E-state index is -0.0107. The average Bonchev–Trinajstić information content (AvgIpc) is 2.74. The van der Waals surface area contributed by atoms with Crippen LogP contribution in [0, 0.1) is 17.3 Å². The fraction of sp³-hybridized carbons (Fsp3) is 0.929. The Morgan fingerprint density at radius 1 is 1.28 bits per heavy atom. The Kier molecular flexibility index (Phi) is 3.85. The van der Waals surface area contributed by atoms with Gasteiger partial charge in [-0.15, -0.1) is 0 Å². The molecule has 2 rings (SSSR count).